The quantitative estimate of drug-likeness (QED) is 0.861. The van der Waals surface area contributed by atoms with Crippen molar-refractivity contribution in [3.05, 3.63) is 11.6 Å². The van der Waals surface area contributed by atoms with Gasteiger partial charge in [-0.05, 0) is 12.8 Å². The summed E-state index contributed by atoms with van der Waals surface area (Å²) in [5.41, 5.74) is 0. The Morgan fingerprint density at radius 1 is 1.31 bits per heavy atom. The topological polar surface area (TPSA) is 43.4 Å². The molecule has 0 unspecified atom stereocenters. The summed E-state index contributed by atoms with van der Waals surface area (Å²) in [6.45, 7) is 1.51. The van der Waals surface area contributed by atoms with E-state index >= 15 is 0 Å². The lowest BCUT2D eigenvalue weighted by atomic mass is 9.90. The SMILES string of the molecule is c1csc(NC2CCC3(CC2)OCCO3)n1. The zero-order chi connectivity index (χ0) is 10.8. The Hall–Kier alpha value is -0.650. The number of hydrogen-bond acceptors (Lipinski definition) is 5. The molecule has 16 heavy (non-hydrogen) atoms. The first-order valence-electron chi connectivity index (χ1n) is 5.80. The molecule has 0 aromatic carbocycles. The van der Waals surface area contributed by atoms with Crippen LogP contribution in [0.15, 0.2) is 11.6 Å². The Morgan fingerprint density at radius 3 is 2.69 bits per heavy atom. The average molecular weight is 240 g/mol. The normalized spacial score (nSPS) is 25.0. The van der Waals surface area contributed by atoms with E-state index in [1.165, 1.54) is 0 Å². The highest BCUT2D eigenvalue weighted by Crippen LogP contribution is 2.36. The number of nitrogens with one attached hydrogen (secondary N) is 1. The van der Waals surface area contributed by atoms with Gasteiger partial charge < -0.3 is 14.8 Å². The second-order valence-corrected chi connectivity index (χ2v) is 5.26. The molecule has 0 radical (unpaired) electrons. The Balaban J connectivity index is 1.54. The summed E-state index contributed by atoms with van der Waals surface area (Å²) in [5.74, 6) is -0.249. The number of hydrogen-bond donors (Lipinski definition) is 1. The fourth-order valence-corrected chi connectivity index (χ4v) is 3.06. The maximum absolute atomic E-state index is 5.70. The molecule has 3 rings (SSSR count). The van der Waals surface area contributed by atoms with Gasteiger partial charge in [-0.25, -0.2) is 4.98 Å². The highest BCUT2D eigenvalue weighted by Gasteiger charge is 2.40. The van der Waals surface area contributed by atoms with E-state index < -0.39 is 0 Å². The summed E-state index contributed by atoms with van der Waals surface area (Å²) in [6.07, 6.45) is 6.02. The summed E-state index contributed by atoms with van der Waals surface area (Å²) in [4.78, 5) is 4.24. The molecule has 4 nitrogen and oxygen atoms in total. The third-order valence-corrected chi connectivity index (χ3v) is 4.03. The molecule has 1 aromatic rings. The highest BCUT2D eigenvalue weighted by atomic mass is 32.1. The van der Waals surface area contributed by atoms with Crippen LogP contribution < -0.4 is 5.32 Å². The number of thiazole rings is 1. The van der Waals surface area contributed by atoms with Gasteiger partial charge in [-0.15, -0.1) is 11.3 Å². The van der Waals surface area contributed by atoms with Crippen LogP contribution in [0.3, 0.4) is 0 Å². The van der Waals surface area contributed by atoms with E-state index in [-0.39, 0.29) is 5.79 Å². The molecule has 1 aromatic heterocycles. The minimum atomic E-state index is -0.249. The zero-order valence-electron chi connectivity index (χ0n) is 9.15. The van der Waals surface area contributed by atoms with E-state index in [0.717, 1.165) is 44.0 Å². The molecular formula is C11H16N2O2S. The summed E-state index contributed by atoms with van der Waals surface area (Å²) in [7, 11) is 0. The van der Waals surface area contributed by atoms with Crippen molar-refractivity contribution < 1.29 is 9.47 Å². The summed E-state index contributed by atoms with van der Waals surface area (Å²) >= 11 is 1.66. The number of nitrogens with zero attached hydrogens (tertiary/aromatic N) is 1. The Bertz CT molecular complexity index is 326. The van der Waals surface area contributed by atoms with Crippen LogP contribution in [0.2, 0.25) is 0 Å². The van der Waals surface area contributed by atoms with Crippen LogP contribution in [-0.4, -0.2) is 30.0 Å². The van der Waals surface area contributed by atoms with Crippen LogP contribution in [0.25, 0.3) is 0 Å². The van der Waals surface area contributed by atoms with Crippen LogP contribution in [-0.2, 0) is 9.47 Å². The lowest BCUT2D eigenvalue weighted by Crippen LogP contribution is -2.39. The van der Waals surface area contributed by atoms with Gasteiger partial charge in [0.25, 0.3) is 0 Å². The first kappa shape index (κ1) is 10.5. The van der Waals surface area contributed by atoms with Crippen molar-refractivity contribution in [3.8, 4) is 0 Å². The molecule has 0 amide bonds. The van der Waals surface area contributed by atoms with Crippen molar-refractivity contribution in [1.82, 2.24) is 4.98 Å². The van der Waals surface area contributed by atoms with Gasteiger partial charge in [0, 0.05) is 30.5 Å². The molecule has 0 atom stereocenters. The molecule has 1 spiro atoms. The molecule has 5 heteroatoms. The molecule has 1 aliphatic carbocycles. The number of aromatic nitrogens is 1. The van der Waals surface area contributed by atoms with Crippen molar-refractivity contribution in [2.24, 2.45) is 0 Å². The smallest absolute Gasteiger partial charge is 0.182 e. The van der Waals surface area contributed by atoms with E-state index in [4.69, 9.17) is 9.47 Å². The van der Waals surface area contributed by atoms with E-state index in [1.54, 1.807) is 11.3 Å². The van der Waals surface area contributed by atoms with E-state index in [9.17, 15) is 0 Å². The van der Waals surface area contributed by atoms with E-state index in [2.05, 4.69) is 10.3 Å². The van der Waals surface area contributed by atoms with Crippen LogP contribution >= 0.6 is 11.3 Å². The standard InChI is InChI=1S/C11H16N2O2S/c1-3-11(14-6-7-15-11)4-2-9(1)13-10-12-5-8-16-10/h5,8-9H,1-4,6-7H2,(H,12,13). The first-order chi connectivity index (χ1) is 7.86. The van der Waals surface area contributed by atoms with Crippen LogP contribution in [0.1, 0.15) is 25.7 Å². The van der Waals surface area contributed by atoms with Crippen molar-refractivity contribution >= 4 is 16.5 Å². The van der Waals surface area contributed by atoms with Gasteiger partial charge >= 0.3 is 0 Å². The average Bonchev–Trinajstić information content (AvgIpc) is 2.94. The van der Waals surface area contributed by atoms with Crippen molar-refractivity contribution in [2.75, 3.05) is 18.5 Å². The predicted octanol–water partition coefficient (Wildman–Crippen LogP) is 2.24. The fraction of sp³-hybridized carbons (Fsp3) is 0.727. The van der Waals surface area contributed by atoms with Gasteiger partial charge in [0.05, 0.1) is 13.2 Å². The first-order valence-corrected chi connectivity index (χ1v) is 6.68. The number of rotatable bonds is 2. The lowest BCUT2D eigenvalue weighted by molar-refractivity contribution is -0.177. The summed E-state index contributed by atoms with van der Waals surface area (Å²) in [5, 5.41) is 6.48. The van der Waals surface area contributed by atoms with Gasteiger partial charge in [0.2, 0.25) is 0 Å². The molecule has 0 bridgehead atoms. The van der Waals surface area contributed by atoms with Gasteiger partial charge in [0.1, 0.15) is 0 Å². The molecule has 2 aliphatic rings. The van der Waals surface area contributed by atoms with Crippen LogP contribution in [0.5, 0.6) is 0 Å². The highest BCUT2D eigenvalue weighted by molar-refractivity contribution is 7.13. The fourth-order valence-electron chi connectivity index (χ4n) is 2.46. The van der Waals surface area contributed by atoms with Gasteiger partial charge in [-0.1, -0.05) is 0 Å². The monoisotopic (exact) mass is 240 g/mol. The van der Waals surface area contributed by atoms with Crippen molar-refractivity contribution in [2.45, 2.75) is 37.5 Å². The largest absolute Gasteiger partial charge is 0.359 e. The van der Waals surface area contributed by atoms with Gasteiger partial charge in [-0.3, -0.25) is 0 Å². The van der Waals surface area contributed by atoms with E-state index in [1.807, 2.05) is 11.6 Å². The van der Waals surface area contributed by atoms with Gasteiger partial charge in [0.15, 0.2) is 10.9 Å². The summed E-state index contributed by atoms with van der Waals surface area (Å²) in [6, 6.07) is 0.518. The molecule has 1 saturated carbocycles. The van der Waals surface area contributed by atoms with E-state index in [0.29, 0.717) is 6.04 Å². The Morgan fingerprint density at radius 2 is 2.06 bits per heavy atom. The Labute approximate surface area is 99.0 Å². The molecule has 88 valence electrons. The zero-order valence-corrected chi connectivity index (χ0v) is 9.96. The van der Waals surface area contributed by atoms with Crippen molar-refractivity contribution in [3.63, 3.8) is 0 Å². The lowest BCUT2D eigenvalue weighted by Gasteiger charge is -2.35. The third kappa shape index (κ3) is 2.07. The number of anilines is 1. The number of ether oxygens (including phenoxy) is 2. The van der Waals surface area contributed by atoms with Crippen LogP contribution in [0.4, 0.5) is 5.13 Å². The second kappa shape index (κ2) is 4.31. The molecule has 1 N–H and O–H groups in total. The predicted molar refractivity (Wildman–Crippen MR) is 62.6 cm³/mol. The Kier molecular flexibility index (Phi) is 2.83. The molecule has 2 fully saturated rings. The van der Waals surface area contributed by atoms with Crippen molar-refractivity contribution in [1.29, 1.82) is 0 Å². The molecule has 2 heterocycles. The van der Waals surface area contributed by atoms with Crippen LogP contribution in [0, 0.1) is 0 Å². The minimum absolute atomic E-state index is 0.249. The molecular weight excluding hydrogens is 224 g/mol. The minimum Gasteiger partial charge on any atom is -0.359 e. The maximum atomic E-state index is 5.70. The third-order valence-electron chi connectivity index (χ3n) is 3.32. The maximum Gasteiger partial charge on any atom is 0.182 e. The van der Waals surface area contributed by atoms with Gasteiger partial charge in [-0.2, -0.15) is 0 Å². The molecule has 1 saturated heterocycles. The summed E-state index contributed by atoms with van der Waals surface area (Å²) < 4.78 is 11.4. The second-order valence-electron chi connectivity index (χ2n) is 4.36. The molecule has 1 aliphatic heterocycles.